The van der Waals surface area contributed by atoms with Gasteiger partial charge in [-0.15, -0.1) is 0 Å². The number of nitrogens with zero attached hydrogens (tertiary/aromatic N) is 1. The second-order valence-corrected chi connectivity index (χ2v) is 6.42. The Morgan fingerprint density at radius 1 is 1.33 bits per heavy atom. The first-order valence-corrected chi connectivity index (χ1v) is 8.57. The van der Waals surface area contributed by atoms with Crippen LogP contribution in [0.1, 0.15) is 40.2 Å². The van der Waals surface area contributed by atoms with Gasteiger partial charge in [-0.2, -0.15) is 13.2 Å². The van der Waals surface area contributed by atoms with Crippen molar-refractivity contribution in [2.24, 2.45) is 0 Å². The van der Waals surface area contributed by atoms with Gasteiger partial charge in [0.25, 0.3) is 0 Å². The van der Waals surface area contributed by atoms with Crippen molar-refractivity contribution in [3.63, 3.8) is 0 Å². The summed E-state index contributed by atoms with van der Waals surface area (Å²) < 4.78 is 42.4. The normalized spacial score (nSPS) is 16.5. The summed E-state index contributed by atoms with van der Waals surface area (Å²) >= 11 is 0. The Bertz CT molecular complexity index is 824. The molecule has 1 aliphatic carbocycles. The summed E-state index contributed by atoms with van der Waals surface area (Å²) in [4.78, 5) is 15.2. The number of fused-ring (bicyclic) bond motifs is 1. The lowest BCUT2D eigenvalue weighted by molar-refractivity contribution is -0.153. The molecule has 1 aromatic carbocycles. The van der Waals surface area contributed by atoms with E-state index < -0.39 is 18.8 Å². The van der Waals surface area contributed by atoms with Crippen LogP contribution in [0.4, 0.5) is 18.9 Å². The lowest BCUT2D eigenvalue weighted by atomic mass is 9.82. The summed E-state index contributed by atoms with van der Waals surface area (Å²) in [6, 6.07) is 6.56. The van der Waals surface area contributed by atoms with Gasteiger partial charge in [0.15, 0.2) is 6.61 Å². The molecule has 0 spiro atoms. The van der Waals surface area contributed by atoms with Crippen molar-refractivity contribution in [1.29, 1.82) is 0 Å². The van der Waals surface area contributed by atoms with Gasteiger partial charge in [0.2, 0.25) is 0 Å². The third-order valence-corrected chi connectivity index (χ3v) is 4.57. The van der Waals surface area contributed by atoms with E-state index in [1.165, 1.54) is 18.5 Å². The molecule has 3 rings (SSSR count). The number of nitrogens with one attached hydrogen (secondary N) is 1. The van der Waals surface area contributed by atoms with Crippen LogP contribution in [0, 0.1) is 0 Å². The number of benzene rings is 1. The van der Waals surface area contributed by atoms with Gasteiger partial charge >= 0.3 is 12.1 Å². The fourth-order valence-corrected chi connectivity index (χ4v) is 3.38. The molecular weight excluding hydrogens is 361 g/mol. The SMILES string of the molecule is O=C(O)c1ccncc1NCC1CCCc2c(OCC(F)(F)F)cccc21. The Labute approximate surface area is 154 Å². The largest absolute Gasteiger partial charge is 0.484 e. The van der Waals surface area contributed by atoms with Gasteiger partial charge in [-0.3, -0.25) is 4.98 Å². The van der Waals surface area contributed by atoms with E-state index in [2.05, 4.69) is 10.3 Å². The summed E-state index contributed by atoms with van der Waals surface area (Å²) in [5.74, 6) is -0.737. The lowest BCUT2D eigenvalue weighted by Crippen LogP contribution is -2.22. The molecule has 144 valence electrons. The number of aromatic nitrogens is 1. The number of carbonyl (C=O) groups is 1. The van der Waals surface area contributed by atoms with Crippen LogP contribution in [0.15, 0.2) is 36.7 Å². The first-order chi connectivity index (χ1) is 12.8. The predicted octanol–water partition coefficient (Wildman–Crippen LogP) is 4.25. The number of ether oxygens (including phenoxy) is 1. The molecule has 0 bridgehead atoms. The highest BCUT2D eigenvalue weighted by molar-refractivity contribution is 5.93. The quantitative estimate of drug-likeness (QED) is 0.784. The molecule has 1 unspecified atom stereocenters. The van der Waals surface area contributed by atoms with Gasteiger partial charge in [-0.05, 0) is 42.5 Å². The first-order valence-electron chi connectivity index (χ1n) is 8.57. The van der Waals surface area contributed by atoms with E-state index >= 15 is 0 Å². The van der Waals surface area contributed by atoms with Crippen LogP contribution >= 0.6 is 0 Å². The van der Waals surface area contributed by atoms with Crippen molar-refractivity contribution in [3.05, 3.63) is 53.3 Å². The highest BCUT2D eigenvalue weighted by Gasteiger charge is 2.30. The zero-order valence-corrected chi connectivity index (χ0v) is 14.4. The fraction of sp³-hybridized carbons (Fsp3) is 0.368. The Balaban J connectivity index is 1.76. The number of rotatable bonds is 6. The predicted molar refractivity (Wildman–Crippen MR) is 93.4 cm³/mol. The molecule has 0 amide bonds. The zero-order valence-electron chi connectivity index (χ0n) is 14.4. The van der Waals surface area contributed by atoms with E-state index in [0.717, 1.165) is 24.0 Å². The van der Waals surface area contributed by atoms with Crippen LogP contribution in [-0.2, 0) is 6.42 Å². The Morgan fingerprint density at radius 3 is 2.89 bits per heavy atom. The van der Waals surface area contributed by atoms with E-state index in [-0.39, 0.29) is 17.2 Å². The summed E-state index contributed by atoms with van der Waals surface area (Å²) in [7, 11) is 0. The average Bonchev–Trinajstić information content (AvgIpc) is 2.64. The van der Waals surface area contributed by atoms with Crippen molar-refractivity contribution in [3.8, 4) is 5.75 Å². The van der Waals surface area contributed by atoms with Crippen molar-refractivity contribution < 1.29 is 27.8 Å². The van der Waals surface area contributed by atoms with E-state index in [1.54, 1.807) is 12.1 Å². The minimum atomic E-state index is -4.38. The van der Waals surface area contributed by atoms with Crippen LogP contribution in [0.5, 0.6) is 5.75 Å². The maximum absolute atomic E-state index is 12.5. The molecule has 2 aromatic rings. The molecule has 1 aromatic heterocycles. The molecule has 1 atom stereocenters. The second kappa shape index (κ2) is 7.85. The van der Waals surface area contributed by atoms with Crippen LogP contribution in [0.25, 0.3) is 0 Å². The van der Waals surface area contributed by atoms with Crippen LogP contribution < -0.4 is 10.1 Å². The molecule has 0 saturated carbocycles. The lowest BCUT2D eigenvalue weighted by Gasteiger charge is -2.28. The summed E-state index contributed by atoms with van der Waals surface area (Å²) in [5.41, 5.74) is 2.28. The van der Waals surface area contributed by atoms with E-state index in [9.17, 15) is 23.1 Å². The third kappa shape index (κ3) is 4.69. The molecule has 8 heteroatoms. The van der Waals surface area contributed by atoms with Crippen molar-refractivity contribution in [1.82, 2.24) is 4.98 Å². The summed E-state index contributed by atoms with van der Waals surface area (Å²) in [6.45, 7) is -0.855. The average molecular weight is 380 g/mol. The number of carboxylic acids is 1. The van der Waals surface area contributed by atoms with E-state index in [1.807, 2.05) is 6.07 Å². The number of aromatic carboxylic acids is 1. The van der Waals surface area contributed by atoms with Crippen molar-refractivity contribution in [2.75, 3.05) is 18.5 Å². The van der Waals surface area contributed by atoms with Gasteiger partial charge in [-0.1, -0.05) is 12.1 Å². The highest BCUT2D eigenvalue weighted by atomic mass is 19.4. The zero-order chi connectivity index (χ0) is 19.4. The topological polar surface area (TPSA) is 71.5 Å². The van der Waals surface area contributed by atoms with Gasteiger partial charge in [0.1, 0.15) is 5.75 Å². The van der Waals surface area contributed by atoms with E-state index in [4.69, 9.17) is 4.74 Å². The van der Waals surface area contributed by atoms with Gasteiger partial charge < -0.3 is 15.2 Å². The first kappa shape index (κ1) is 19.0. The van der Waals surface area contributed by atoms with Gasteiger partial charge in [0.05, 0.1) is 17.4 Å². The maximum Gasteiger partial charge on any atom is 0.422 e. The number of carboxylic acid groups (broad SMARTS) is 1. The molecule has 27 heavy (non-hydrogen) atoms. The monoisotopic (exact) mass is 380 g/mol. The second-order valence-electron chi connectivity index (χ2n) is 6.42. The maximum atomic E-state index is 12.5. The molecule has 5 nitrogen and oxygen atoms in total. The fourth-order valence-electron chi connectivity index (χ4n) is 3.38. The summed E-state index contributed by atoms with van der Waals surface area (Å²) in [6.07, 6.45) is 0.819. The minimum absolute atomic E-state index is 0.0463. The number of halogens is 3. The van der Waals surface area contributed by atoms with Gasteiger partial charge in [0, 0.05) is 18.7 Å². The number of pyridine rings is 1. The van der Waals surface area contributed by atoms with Crippen molar-refractivity contribution in [2.45, 2.75) is 31.4 Å². The van der Waals surface area contributed by atoms with Crippen LogP contribution in [-0.4, -0.2) is 35.4 Å². The molecule has 2 N–H and O–H groups in total. The molecule has 0 fully saturated rings. The number of hydrogen-bond donors (Lipinski definition) is 2. The third-order valence-electron chi connectivity index (χ3n) is 4.57. The highest BCUT2D eigenvalue weighted by Crippen LogP contribution is 2.37. The minimum Gasteiger partial charge on any atom is -0.484 e. The van der Waals surface area contributed by atoms with Crippen molar-refractivity contribution >= 4 is 11.7 Å². The van der Waals surface area contributed by atoms with Gasteiger partial charge in [-0.25, -0.2) is 4.79 Å². The smallest absolute Gasteiger partial charge is 0.422 e. The Morgan fingerprint density at radius 2 is 2.15 bits per heavy atom. The molecular formula is C19H19F3N2O3. The Hall–Kier alpha value is -2.77. The van der Waals surface area contributed by atoms with Crippen LogP contribution in [0.2, 0.25) is 0 Å². The van der Waals surface area contributed by atoms with Crippen LogP contribution in [0.3, 0.4) is 0 Å². The molecule has 1 heterocycles. The number of anilines is 1. The number of hydrogen-bond acceptors (Lipinski definition) is 4. The number of alkyl halides is 3. The molecule has 0 saturated heterocycles. The van der Waals surface area contributed by atoms with E-state index in [0.29, 0.717) is 18.7 Å². The summed E-state index contributed by atoms with van der Waals surface area (Å²) in [5, 5.41) is 12.4. The Kier molecular flexibility index (Phi) is 5.53. The molecule has 0 aliphatic heterocycles. The molecule has 1 aliphatic rings. The molecule has 0 radical (unpaired) electrons. The standard InChI is InChI=1S/C19H19F3N2O3/c20-19(21,22)11-27-17-6-2-4-13-12(3-1-5-14(13)17)9-24-16-10-23-8-7-15(16)18(25)26/h2,4,6-8,10,12,24H,1,3,5,9,11H2,(H,25,26).